The molecule has 0 aromatic carbocycles. The molecule has 1 fully saturated rings. The lowest BCUT2D eigenvalue weighted by atomic mass is 10.1. The van der Waals surface area contributed by atoms with E-state index in [9.17, 15) is 19.7 Å². The maximum atomic E-state index is 11.6. The maximum Gasteiger partial charge on any atom is 0.455 e. The minimum absolute atomic E-state index is 0.0957. The van der Waals surface area contributed by atoms with Gasteiger partial charge in [-0.2, -0.15) is 0 Å². The summed E-state index contributed by atoms with van der Waals surface area (Å²) in [5.41, 5.74) is 6.14. The van der Waals surface area contributed by atoms with Crippen LogP contribution in [-0.2, 0) is 13.8 Å². The van der Waals surface area contributed by atoms with Gasteiger partial charge in [-0.05, 0) is 0 Å². The fourth-order valence-corrected chi connectivity index (χ4v) is 4.26. The number of hydrogen-bond acceptors (Lipinski definition) is 9. The van der Waals surface area contributed by atoms with E-state index in [0.717, 1.165) is 0 Å². The number of aliphatic hydroxyl groups is 2. The zero-order chi connectivity index (χ0) is 20.0. The van der Waals surface area contributed by atoms with Crippen LogP contribution in [0.25, 0.3) is 11.2 Å². The first-order chi connectivity index (χ1) is 12.5. The third-order valence-electron chi connectivity index (χ3n) is 3.64. The Morgan fingerprint density at radius 1 is 1.22 bits per heavy atom. The summed E-state index contributed by atoms with van der Waals surface area (Å²) in [6.45, 7) is -0.754. The molecule has 0 spiro atoms. The van der Waals surface area contributed by atoms with Crippen LogP contribution < -0.4 is 5.73 Å². The highest BCUT2D eigenvalue weighted by Crippen LogP contribution is 2.54. The van der Waals surface area contributed by atoms with E-state index >= 15 is 0 Å². The second-order valence-electron chi connectivity index (χ2n) is 5.54. The molecular formula is C10H16N6O9P2. The minimum atomic E-state index is -4.94. The molecule has 17 heteroatoms. The predicted octanol–water partition coefficient (Wildman–Crippen LogP) is -1.93. The lowest BCUT2D eigenvalue weighted by molar-refractivity contribution is -0.0484. The minimum Gasteiger partial charge on any atom is -0.387 e. The van der Waals surface area contributed by atoms with Gasteiger partial charge in [-0.25, -0.2) is 19.5 Å². The molecule has 2 aromatic heterocycles. The molecule has 8 N–H and O–H groups in total. The predicted molar refractivity (Wildman–Crippen MR) is 87.4 cm³/mol. The summed E-state index contributed by atoms with van der Waals surface area (Å²) in [5, 5.41) is 20.3. The molecule has 1 aliphatic rings. The number of ether oxygens (including phenoxy) is 1. The monoisotopic (exact) mass is 426 g/mol. The van der Waals surface area contributed by atoms with Crippen molar-refractivity contribution in [1.29, 1.82) is 0 Å². The zero-order valence-electron chi connectivity index (χ0n) is 13.3. The van der Waals surface area contributed by atoms with Crippen LogP contribution in [0.3, 0.4) is 0 Å². The Morgan fingerprint density at radius 3 is 2.59 bits per heavy atom. The Hall–Kier alpha value is -1.51. The highest BCUT2D eigenvalue weighted by Gasteiger charge is 2.45. The zero-order valence-corrected chi connectivity index (χ0v) is 15.1. The van der Waals surface area contributed by atoms with Gasteiger partial charge in [-0.3, -0.25) is 9.09 Å². The van der Waals surface area contributed by atoms with Crippen molar-refractivity contribution in [3.05, 3.63) is 12.7 Å². The number of fused-ring (bicyclic) bond motifs is 1. The first-order valence-corrected chi connectivity index (χ1v) is 10.4. The van der Waals surface area contributed by atoms with Gasteiger partial charge < -0.3 is 40.3 Å². The molecule has 0 saturated carbocycles. The molecule has 150 valence electrons. The molecule has 5 atom stereocenters. The Labute approximate surface area is 150 Å². The summed E-state index contributed by atoms with van der Waals surface area (Å²) in [6.07, 6.45) is -3.06. The van der Waals surface area contributed by atoms with Crippen LogP contribution in [0, 0.1) is 0 Å². The largest absolute Gasteiger partial charge is 0.455 e. The lowest BCUT2D eigenvalue weighted by Gasteiger charge is -2.16. The van der Waals surface area contributed by atoms with Crippen molar-refractivity contribution in [2.24, 2.45) is 4.52 Å². The average Bonchev–Trinajstić information content (AvgIpc) is 3.07. The number of nitrogens with zero attached hydrogens (tertiary/aromatic N) is 5. The second-order valence-corrected chi connectivity index (χ2v) is 8.57. The molecule has 27 heavy (non-hydrogen) atoms. The smallest absolute Gasteiger partial charge is 0.387 e. The van der Waals surface area contributed by atoms with E-state index in [4.69, 9.17) is 25.2 Å². The Bertz CT molecular complexity index is 938. The number of aromatic nitrogens is 4. The summed E-state index contributed by atoms with van der Waals surface area (Å²) in [4.78, 5) is 47.3. The summed E-state index contributed by atoms with van der Waals surface area (Å²) in [6, 6.07) is 0. The maximum absolute atomic E-state index is 11.6. The summed E-state index contributed by atoms with van der Waals surface area (Å²) in [5.74, 6) is 0.0957. The summed E-state index contributed by atoms with van der Waals surface area (Å²) >= 11 is 0. The Morgan fingerprint density at radius 2 is 1.93 bits per heavy atom. The van der Waals surface area contributed by atoms with Crippen molar-refractivity contribution in [3.8, 4) is 0 Å². The molecule has 3 rings (SSSR count). The molecule has 15 nitrogen and oxygen atoms in total. The van der Waals surface area contributed by atoms with Gasteiger partial charge in [-0.1, -0.05) is 0 Å². The molecule has 3 heterocycles. The SMILES string of the molecule is Nc1ncnc2c1ncn2[C@@H]1O[C@H](COP(=O)(O)N=P(O)(O)O)[C@@H](O)[C@H]1O. The van der Waals surface area contributed by atoms with E-state index < -0.39 is 46.6 Å². The fraction of sp³-hybridized carbons (Fsp3) is 0.500. The van der Waals surface area contributed by atoms with Crippen molar-refractivity contribution in [2.75, 3.05) is 12.3 Å². The average molecular weight is 426 g/mol. The second kappa shape index (κ2) is 7.14. The summed E-state index contributed by atoms with van der Waals surface area (Å²) < 4.78 is 25.3. The van der Waals surface area contributed by atoms with E-state index in [1.165, 1.54) is 17.2 Å². The van der Waals surface area contributed by atoms with Crippen LogP contribution in [0.5, 0.6) is 0 Å². The van der Waals surface area contributed by atoms with Gasteiger partial charge in [0.25, 0.3) is 0 Å². The third kappa shape index (κ3) is 4.33. The van der Waals surface area contributed by atoms with Gasteiger partial charge >= 0.3 is 15.5 Å². The van der Waals surface area contributed by atoms with E-state index in [1.54, 1.807) is 0 Å². The number of nitrogen functional groups attached to an aromatic ring is 1. The highest BCUT2D eigenvalue weighted by molar-refractivity contribution is 7.61. The normalized spacial score (nSPS) is 28.4. The highest BCUT2D eigenvalue weighted by atomic mass is 31.2. The molecular weight excluding hydrogens is 410 g/mol. The van der Waals surface area contributed by atoms with E-state index in [-0.39, 0.29) is 17.0 Å². The topological polar surface area (TPSA) is 239 Å². The number of anilines is 1. The van der Waals surface area contributed by atoms with Gasteiger partial charge in [0.1, 0.15) is 30.2 Å². The number of nitrogens with two attached hydrogens (primary N) is 1. The molecule has 1 saturated heterocycles. The number of hydrogen-bond donors (Lipinski definition) is 7. The number of aliphatic hydroxyl groups excluding tert-OH is 2. The van der Waals surface area contributed by atoms with Crippen LogP contribution in [0.2, 0.25) is 0 Å². The van der Waals surface area contributed by atoms with Gasteiger partial charge in [-0.15, -0.1) is 4.52 Å². The van der Waals surface area contributed by atoms with Gasteiger partial charge in [0, 0.05) is 0 Å². The van der Waals surface area contributed by atoms with Crippen LogP contribution >= 0.6 is 15.5 Å². The van der Waals surface area contributed by atoms with Crippen molar-refractivity contribution in [3.63, 3.8) is 0 Å². The summed E-state index contributed by atoms with van der Waals surface area (Å²) in [7, 11) is -9.86. The molecule has 0 aliphatic carbocycles. The van der Waals surface area contributed by atoms with Crippen LogP contribution in [0.15, 0.2) is 17.2 Å². The Balaban J connectivity index is 1.78. The third-order valence-corrected chi connectivity index (χ3v) is 5.99. The molecule has 2 aromatic rings. The number of rotatable bonds is 5. The number of imidazole rings is 1. The fourth-order valence-electron chi connectivity index (χ4n) is 2.50. The van der Waals surface area contributed by atoms with Gasteiger partial charge in [0.15, 0.2) is 17.7 Å². The van der Waals surface area contributed by atoms with Crippen molar-refractivity contribution in [2.45, 2.75) is 24.5 Å². The van der Waals surface area contributed by atoms with E-state index in [2.05, 4.69) is 24.0 Å². The van der Waals surface area contributed by atoms with E-state index in [0.29, 0.717) is 0 Å². The van der Waals surface area contributed by atoms with Gasteiger partial charge in [0.05, 0.1) is 12.9 Å². The van der Waals surface area contributed by atoms with Crippen molar-refractivity contribution in [1.82, 2.24) is 19.5 Å². The Kier molecular flexibility index (Phi) is 5.35. The quantitative estimate of drug-likeness (QED) is 0.258. The molecule has 0 amide bonds. The van der Waals surface area contributed by atoms with Crippen molar-refractivity contribution >= 4 is 32.5 Å². The molecule has 0 radical (unpaired) electrons. The first kappa shape index (κ1) is 20.2. The van der Waals surface area contributed by atoms with Crippen LogP contribution in [0.1, 0.15) is 6.23 Å². The van der Waals surface area contributed by atoms with Crippen molar-refractivity contribution < 1.29 is 43.6 Å². The van der Waals surface area contributed by atoms with Crippen LogP contribution in [0.4, 0.5) is 5.82 Å². The van der Waals surface area contributed by atoms with Crippen LogP contribution in [-0.4, -0.2) is 74.2 Å². The van der Waals surface area contributed by atoms with Gasteiger partial charge in [0.2, 0.25) is 0 Å². The lowest BCUT2D eigenvalue weighted by Crippen LogP contribution is -2.33. The molecule has 0 bridgehead atoms. The molecule has 1 unspecified atom stereocenters. The standard InChI is InChI=1S/C10H16N6O9P2/c11-8-5-9(13-2-12-8)16(3-14-5)10-7(18)6(17)4(25-10)1-24-27(22,23)15-26(19,20)21/h2-4,6-7,10,17-21H,1H2,(H,22,23)(H2,11,12,13)/t4-,6-,7-,10-/m1/s1. The molecule has 1 aliphatic heterocycles. The van der Waals surface area contributed by atoms with E-state index in [1.807, 2.05) is 0 Å². The first-order valence-electron chi connectivity index (χ1n) is 7.22.